The molecule has 4 nitrogen and oxygen atoms in total. The Kier molecular flexibility index (Phi) is 4.84. The van der Waals surface area contributed by atoms with Crippen LogP contribution in [0.5, 0.6) is 0 Å². The van der Waals surface area contributed by atoms with Crippen LogP contribution in [0.15, 0.2) is 4.79 Å². The van der Waals surface area contributed by atoms with E-state index in [2.05, 4.69) is 28.7 Å². The number of rotatable bonds is 4. The molecule has 0 saturated carbocycles. The molecule has 0 aromatic carbocycles. The molecule has 2 aromatic heterocycles. The molecule has 0 bridgehead atoms. The van der Waals surface area contributed by atoms with Crippen molar-refractivity contribution in [2.24, 2.45) is 0 Å². The molecule has 0 spiro atoms. The lowest BCUT2D eigenvalue weighted by molar-refractivity contribution is 0.482. The Labute approximate surface area is 143 Å². The highest BCUT2D eigenvalue weighted by molar-refractivity contribution is 8.22. The lowest BCUT2D eigenvalue weighted by Gasteiger charge is -2.20. The van der Waals surface area contributed by atoms with Gasteiger partial charge in [-0.15, -0.1) is 11.3 Å². The normalized spacial score (nSPS) is 13.5. The first kappa shape index (κ1) is 16.0. The van der Waals surface area contributed by atoms with Crippen molar-refractivity contribution in [2.45, 2.75) is 38.9 Å². The highest BCUT2D eigenvalue weighted by atomic mass is 32.2. The third-order valence-electron chi connectivity index (χ3n) is 3.98. The van der Waals surface area contributed by atoms with Gasteiger partial charge in [-0.1, -0.05) is 24.0 Å². The number of aryl methyl sites for hydroxylation is 2. The number of thioether (sulfide) groups is 1. The van der Waals surface area contributed by atoms with Gasteiger partial charge in [-0.25, -0.2) is 4.98 Å². The van der Waals surface area contributed by atoms with Crippen molar-refractivity contribution >= 4 is 49.9 Å². The van der Waals surface area contributed by atoms with Crippen LogP contribution in [0.25, 0.3) is 10.2 Å². The van der Waals surface area contributed by atoms with Gasteiger partial charge < -0.3 is 9.88 Å². The maximum atomic E-state index is 12.4. The van der Waals surface area contributed by atoms with Crippen LogP contribution in [0, 0.1) is 0 Å². The number of fused-ring (bicyclic) bond motifs is 3. The van der Waals surface area contributed by atoms with Gasteiger partial charge in [-0.2, -0.15) is 0 Å². The van der Waals surface area contributed by atoms with E-state index in [-0.39, 0.29) is 5.56 Å². The smallest absolute Gasteiger partial charge is 0.259 e. The van der Waals surface area contributed by atoms with Crippen LogP contribution in [0.2, 0.25) is 0 Å². The highest BCUT2D eigenvalue weighted by Crippen LogP contribution is 2.34. The number of thiophene rings is 1. The first-order valence-corrected chi connectivity index (χ1v) is 9.80. The molecule has 0 aliphatic heterocycles. The van der Waals surface area contributed by atoms with Gasteiger partial charge in [0, 0.05) is 18.0 Å². The molecule has 0 unspecified atom stereocenters. The zero-order valence-corrected chi connectivity index (χ0v) is 15.2. The minimum absolute atomic E-state index is 0.00811. The van der Waals surface area contributed by atoms with Crippen LogP contribution in [0.4, 0.5) is 0 Å². The van der Waals surface area contributed by atoms with Crippen molar-refractivity contribution in [2.75, 3.05) is 13.1 Å². The van der Waals surface area contributed by atoms with E-state index < -0.39 is 0 Å². The molecule has 0 saturated heterocycles. The fourth-order valence-corrected chi connectivity index (χ4v) is 5.37. The first-order valence-electron chi connectivity index (χ1n) is 7.59. The molecule has 0 atom stereocenters. The van der Waals surface area contributed by atoms with Crippen molar-refractivity contribution < 1.29 is 0 Å². The Morgan fingerprint density at radius 1 is 1.41 bits per heavy atom. The van der Waals surface area contributed by atoms with Crippen molar-refractivity contribution in [3.8, 4) is 0 Å². The van der Waals surface area contributed by atoms with Gasteiger partial charge in [0.1, 0.15) is 15.0 Å². The van der Waals surface area contributed by atoms with Crippen LogP contribution in [0.3, 0.4) is 0 Å². The summed E-state index contributed by atoms with van der Waals surface area (Å²) in [4.78, 5) is 24.3. The Balaban J connectivity index is 1.81. The van der Waals surface area contributed by atoms with E-state index in [1.54, 1.807) is 23.1 Å². The number of nitrogens with zero attached hydrogens (tertiary/aromatic N) is 2. The monoisotopic (exact) mass is 353 g/mol. The van der Waals surface area contributed by atoms with Gasteiger partial charge in [0.05, 0.1) is 11.1 Å². The van der Waals surface area contributed by atoms with E-state index in [0.29, 0.717) is 5.75 Å². The summed E-state index contributed by atoms with van der Waals surface area (Å²) < 4.78 is 0.862. The third kappa shape index (κ3) is 2.94. The van der Waals surface area contributed by atoms with Crippen LogP contribution in [0.1, 0.15) is 36.5 Å². The van der Waals surface area contributed by atoms with Gasteiger partial charge in [-0.3, -0.25) is 4.79 Å². The lowest BCUT2D eigenvalue weighted by Crippen LogP contribution is -2.26. The quantitative estimate of drug-likeness (QED) is 0.855. The van der Waals surface area contributed by atoms with Gasteiger partial charge in [-0.05, 0) is 38.7 Å². The van der Waals surface area contributed by atoms with Crippen LogP contribution in [-0.4, -0.2) is 32.3 Å². The zero-order chi connectivity index (χ0) is 15.7. The van der Waals surface area contributed by atoms with Crippen LogP contribution in [-0.2, 0) is 18.6 Å². The highest BCUT2D eigenvalue weighted by Gasteiger charge is 2.21. The van der Waals surface area contributed by atoms with Gasteiger partial charge in [0.15, 0.2) is 0 Å². The number of hydrogen-bond donors (Lipinski definition) is 1. The molecular formula is C15H19N3OS3. The molecule has 7 heteroatoms. The van der Waals surface area contributed by atoms with E-state index in [4.69, 9.17) is 12.2 Å². The molecule has 3 rings (SSSR count). The van der Waals surface area contributed by atoms with E-state index in [9.17, 15) is 4.79 Å². The minimum atomic E-state index is 0.00811. The number of aromatic nitrogens is 2. The van der Waals surface area contributed by atoms with E-state index >= 15 is 0 Å². The molecule has 1 aliphatic rings. The number of hydrogen-bond acceptors (Lipinski definition) is 5. The van der Waals surface area contributed by atoms with Crippen molar-refractivity contribution in [3.63, 3.8) is 0 Å². The van der Waals surface area contributed by atoms with Gasteiger partial charge >= 0.3 is 0 Å². The second kappa shape index (κ2) is 6.68. The molecule has 0 radical (unpaired) electrons. The molecule has 1 N–H and O–H groups in total. The maximum absolute atomic E-state index is 12.4. The molecule has 0 fully saturated rings. The summed E-state index contributed by atoms with van der Waals surface area (Å²) in [6, 6.07) is 0. The van der Waals surface area contributed by atoms with E-state index in [0.717, 1.165) is 52.7 Å². The maximum Gasteiger partial charge on any atom is 0.259 e. The minimum Gasteiger partial charge on any atom is -0.358 e. The van der Waals surface area contributed by atoms with Gasteiger partial charge in [0.2, 0.25) is 0 Å². The number of H-pyrrole nitrogens is 1. The standard InChI is InChI=1S/C15H19N3OS3/c1-3-18(4-2)15(20)21-8-11-16-13(19)12-9-6-5-7-10(9)22-14(12)17-11/h3-8H2,1-2H3,(H,16,17,19). The fraction of sp³-hybridized carbons (Fsp3) is 0.533. The second-order valence-corrected chi connectivity index (χ2v) is 7.97. The van der Waals surface area contributed by atoms with E-state index in [1.165, 1.54) is 10.4 Å². The SMILES string of the molecule is CCN(CC)C(=S)SCc1nc2sc3c(c2c(=O)[nH]1)CCC3. The number of thiocarbonyl (C=S) groups is 1. The Morgan fingerprint density at radius 2 is 2.18 bits per heavy atom. The molecule has 2 aromatic rings. The average Bonchev–Trinajstić information content (AvgIpc) is 3.06. The van der Waals surface area contributed by atoms with Crippen LogP contribution < -0.4 is 5.56 Å². The molecule has 22 heavy (non-hydrogen) atoms. The third-order valence-corrected chi connectivity index (χ3v) is 6.70. The van der Waals surface area contributed by atoms with Crippen molar-refractivity contribution in [3.05, 3.63) is 26.6 Å². The molecule has 2 heterocycles. The Morgan fingerprint density at radius 3 is 2.91 bits per heavy atom. The molecular weight excluding hydrogens is 334 g/mol. The topological polar surface area (TPSA) is 49.0 Å². The fourth-order valence-electron chi connectivity index (χ4n) is 2.82. The predicted octanol–water partition coefficient (Wildman–Crippen LogP) is 3.33. The van der Waals surface area contributed by atoms with Crippen LogP contribution >= 0.6 is 35.3 Å². The Bertz CT molecular complexity index is 761. The first-order chi connectivity index (χ1) is 10.6. The predicted molar refractivity (Wildman–Crippen MR) is 99.1 cm³/mol. The summed E-state index contributed by atoms with van der Waals surface area (Å²) in [5.74, 6) is 1.33. The van der Waals surface area contributed by atoms with Crippen molar-refractivity contribution in [1.29, 1.82) is 0 Å². The zero-order valence-electron chi connectivity index (χ0n) is 12.8. The summed E-state index contributed by atoms with van der Waals surface area (Å²) in [5, 5.41) is 0.817. The average molecular weight is 354 g/mol. The summed E-state index contributed by atoms with van der Waals surface area (Å²) in [7, 11) is 0. The summed E-state index contributed by atoms with van der Waals surface area (Å²) in [6.07, 6.45) is 3.26. The number of nitrogens with one attached hydrogen (secondary N) is 1. The Hall–Kier alpha value is -0.920. The summed E-state index contributed by atoms with van der Waals surface area (Å²) >= 11 is 8.67. The van der Waals surface area contributed by atoms with Crippen molar-refractivity contribution in [1.82, 2.24) is 14.9 Å². The largest absolute Gasteiger partial charge is 0.358 e. The molecule has 0 amide bonds. The molecule has 1 aliphatic carbocycles. The van der Waals surface area contributed by atoms with E-state index in [1.807, 2.05) is 0 Å². The van der Waals surface area contributed by atoms with Gasteiger partial charge in [0.25, 0.3) is 5.56 Å². The lowest BCUT2D eigenvalue weighted by atomic mass is 10.2. The number of aromatic amines is 1. The summed E-state index contributed by atoms with van der Waals surface area (Å²) in [5.41, 5.74) is 1.24. The second-order valence-electron chi connectivity index (χ2n) is 5.28. The molecule has 118 valence electrons. The summed E-state index contributed by atoms with van der Waals surface area (Å²) in [6.45, 7) is 6.00.